The number of nitrogens with one attached hydrogen (secondary N) is 2. The van der Waals surface area contributed by atoms with E-state index in [1.807, 2.05) is 6.92 Å². The van der Waals surface area contributed by atoms with Crippen LogP contribution in [0.25, 0.3) is 0 Å². The molecule has 2 N–H and O–H groups in total. The van der Waals surface area contributed by atoms with Gasteiger partial charge in [-0.15, -0.1) is 0 Å². The van der Waals surface area contributed by atoms with Gasteiger partial charge < -0.3 is 5.32 Å². The number of hydrogen-bond acceptors (Lipinski definition) is 4. The van der Waals surface area contributed by atoms with Crippen LogP contribution in [0.4, 0.5) is 5.82 Å². The molecule has 0 fully saturated rings. The second-order valence-electron chi connectivity index (χ2n) is 4.65. The van der Waals surface area contributed by atoms with Crippen LogP contribution in [-0.4, -0.2) is 26.5 Å². The maximum atomic E-state index is 12.1. The van der Waals surface area contributed by atoms with Gasteiger partial charge in [0.2, 0.25) is 10.0 Å². The van der Waals surface area contributed by atoms with E-state index in [4.69, 9.17) is 0 Å². The van der Waals surface area contributed by atoms with E-state index in [1.54, 1.807) is 19.2 Å². The second-order valence-corrected chi connectivity index (χ2v) is 6.36. The molecule has 108 valence electrons. The standard InChI is InChI=1S/C13H23N3O2S/c1-4-5-6-7-11(2)16-19(17,18)12-8-9-13(14-3)15-10-12/h8-11,16H,4-7H2,1-3H3,(H,14,15). The minimum Gasteiger partial charge on any atom is -0.373 e. The van der Waals surface area contributed by atoms with Gasteiger partial charge in [-0.2, -0.15) is 0 Å². The van der Waals surface area contributed by atoms with Crippen molar-refractivity contribution in [2.75, 3.05) is 12.4 Å². The SMILES string of the molecule is CCCCCC(C)NS(=O)(=O)c1ccc(NC)nc1. The number of rotatable bonds is 8. The molecule has 0 radical (unpaired) electrons. The summed E-state index contributed by atoms with van der Waals surface area (Å²) >= 11 is 0. The summed E-state index contributed by atoms with van der Waals surface area (Å²) in [5, 5.41) is 2.85. The summed E-state index contributed by atoms with van der Waals surface area (Å²) in [7, 11) is -1.72. The van der Waals surface area contributed by atoms with Crippen molar-refractivity contribution >= 4 is 15.8 Å². The lowest BCUT2D eigenvalue weighted by Gasteiger charge is -2.14. The van der Waals surface area contributed by atoms with E-state index in [1.165, 1.54) is 6.20 Å². The third-order valence-electron chi connectivity index (χ3n) is 2.90. The number of nitrogens with zero attached hydrogens (tertiary/aromatic N) is 1. The lowest BCUT2D eigenvalue weighted by molar-refractivity contribution is 0.527. The highest BCUT2D eigenvalue weighted by molar-refractivity contribution is 7.89. The van der Waals surface area contributed by atoms with Crippen molar-refractivity contribution in [3.63, 3.8) is 0 Å². The molecule has 1 atom stereocenters. The van der Waals surface area contributed by atoms with Crippen molar-refractivity contribution in [2.45, 2.75) is 50.5 Å². The monoisotopic (exact) mass is 285 g/mol. The van der Waals surface area contributed by atoms with Crippen LogP contribution in [0.3, 0.4) is 0 Å². The molecule has 6 heteroatoms. The Balaban J connectivity index is 2.63. The predicted molar refractivity (Wildman–Crippen MR) is 77.7 cm³/mol. The highest BCUT2D eigenvalue weighted by Crippen LogP contribution is 2.12. The third kappa shape index (κ3) is 5.16. The fourth-order valence-corrected chi connectivity index (χ4v) is 3.00. The summed E-state index contributed by atoms with van der Waals surface area (Å²) in [4.78, 5) is 4.22. The van der Waals surface area contributed by atoms with Crippen LogP contribution >= 0.6 is 0 Å². The molecule has 1 aromatic heterocycles. The molecule has 19 heavy (non-hydrogen) atoms. The fourth-order valence-electron chi connectivity index (χ4n) is 1.78. The van der Waals surface area contributed by atoms with Crippen molar-refractivity contribution in [3.8, 4) is 0 Å². The summed E-state index contributed by atoms with van der Waals surface area (Å²) in [6, 6.07) is 3.15. The number of hydrogen-bond donors (Lipinski definition) is 2. The van der Waals surface area contributed by atoms with E-state index in [0.29, 0.717) is 5.82 Å². The van der Waals surface area contributed by atoms with Gasteiger partial charge in [0.15, 0.2) is 0 Å². The van der Waals surface area contributed by atoms with E-state index in [2.05, 4.69) is 21.9 Å². The lowest BCUT2D eigenvalue weighted by Crippen LogP contribution is -2.32. The summed E-state index contributed by atoms with van der Waals surface area (Å²) in [6.07, 6.45) is 5.53. The zero-order valence-electron chi connectivity index (χ0n) is 11.8. The van der Waals surface area contributed by atoms with E-state index in [0.717, 1.165) is 25.7 Å². The molecule has 0 aliphatic carbocycles. The second kappa shape index (κ2) is 7.45. The molecule has 0 saturated carbocycles. The fraction of sp³-hybridized carbons (Fsp3) is 0.615. The van der Waals surface area contributed by atoms with Gasteiger partial charge in [-0.1, -0.05) is 26.2 Å². The molecule has 5 nitrogen and oxygen atoms in total. The molecule has 0 spiro atoms. The smallest absolute Gasteiger partial charge is 0.242 e. The molecule has 0 aromatic carbocycles. The Morgan fingerprint density at radius 1 is 1.32 bits per heavy atom. The van der Waals surface area contributed by atoms with Crippen LogP contribution in [0.1, 0.15) is 39.5 Å². The highest BCUT2D eigenvalue weighted by Gasteiger charge is 2.17. The van der Waals surface area contributed by atoms with Crippen molar-refractivity contribution in [1.29, 1.82) is 0 Å². The van der Waals surface area contributed by atoms with Crippen molar-refractivity contribution in [1.82, 2.24) is 9.71 Å². The van der Waals surface area contributed by atoms with Crippen LogP contribution in [0.15, 0.2) is 23.2 Å². The zero-order chi connectivity index (χ0) is 14.3. The predicted octanol–water partition coefficient (Wildman–Crippen LogP) is 2.37. The van der Waals surface area contributed by atoms with Gasteiger partial charge in [0.25, 0.3) is 0 Å². The van der Waals surface area contributed by atoms with Crippen molar-refractivity contribution in [3.05, 3.63) is 18.3 Å². The normalized spacial score (nSPS) is 13.2. The molecule has 1 heterocycles. The maximum Gasteiger partial charge on any atom is 0.242 e. The molecule has 0 aliphatic rings. The number of aromatic nitrogens is 1. The Morgan fingerprint density at radius 2 is 2.05 bits per heavy atom. The van der Waals surface area contributed by atoms with Crippen LogP contribution in [-0.2, 0) is 10.0 Å². The number of sulfonamides is 1. The maximum absolute atomic E-state index is 12.1. The summed E-state index contributed by atoms with van der Waals surface area (Å²) < 4.78 is 26.9. The Kier molecular flexibility index (Phi) is 6.24. The first kappa shape index (κ1) is 15.9. The van der Waals surface area contributed by atoms with Gasteiger partial charge in [0, 0.05) is 19.3 Å². The Morgan fingerprint density at radius 3 is 2.58 bits per heavy atom. The van der Waals surface area contributed by atoms with E-state index in [9.17, 15) is 8.42 Å². The molecule has 1 aromatic rings. The first-order chi connectivity index (χ1) is 8.99. The quantitative estimate of drug-likeness (QED) is 0.719. The molecule has 1 unspecified atom stereocenters. The first-order valence-corrected chi connectivity index (χ1v) is 8.14. The van der Waals surface area contributed by atoms with E-state index in [-0.39, 0.29) is 10.9 Å². The average Bonchev–Trinajstić information content (AvgIpc) is 2.38. The van der Waals surface area contributed by atoms with Crippen molar-refractivity contribution < 1.29 is 8.42 Å². The average molecular weight is 285 g/mol. The number of anilines is 1. The van der Waals surface area contributed by atoms with Crippen LogP contribution in [0, 0.1) is 0 Å². The largest absolute Gasteiger partial charge is 0.373 e. The van der Waals surface area contributed by atoms with Gasteiger partial charge in [-0.3, -0.25) is 0 Å². The zero-order valence-corrected chi connectivity index (χ0v) is 12.6. The minimum absolute atomic E-state index is 0.0551. The van der Waals surface area contributed by atoms with Gasteiger partial charge in [0.05, 0.1) is 0 Å². The summed E-state index contributed by atoms with van der Waals surface area (Å²) in [5.74, 6) is 0.648. The number of pyridine rings is 1. The molecule has 0 aliphatic heterocycles. The summed E-state index contributed by atoms with van der Waals surface area (Å²) in [5.41, 5.74) is 0. The van der Waals surface area contributed by atoms with Crippen molar-refractivity contribution in [2.24, 2.45) is 0 Å². The van der Waals surface area contributed by atoms with Crippen LogP contribution in [0.2, 0.25) is 0 Å². The lowest BCUT2D eigenvalue weighted by atomic mass is 10.1. The Labute approximate surface area is 115 Å². The van der Waals surface area contributed by atoms with Crippen LogP contribution in [0.5, 0.6) is 0 Å². The first-order valence-electron chi connectivity index (χ1n) is 6.65. The molecule has 0 saturated heterocycles. The molecule has 0 bridgehead atoms. The van der Waals surface area contributed by atoms with Gasteiger partial charge in [0.1, 0.15) is 10.7 Å². The van der Waals surface area contributed by atoms with Gasteiger partial charge in [-0.05, 0) is 25.5 Å². The topological polar surface area (TPSA) is 71.1 Å². The summed E-state index contributed by atoms with van der Waals surface area (Å²) in [6.45, 7) is 4.02. The molecule has 1 rings (SSSR count). The number of unbranched alkanes of at least 4 members (excludes halogenated alkanes) is 2. The van der Waals surface area contributed by atoms with E-state index < -0.39 is 10.0 Å². The molecular weight excluding hydrogens is 262 g/mol. The van der Waals surface area contributed by atoms with Gasteiger partial charge in [-0.25, -0.2) is 18.1 Å². The van der Waals surface area contributed by atoms with Gasteiger partial charge >= 0.3 is 0 Å². The highest BCUT2D eigenvalue weighted by atomic mass is 32.2. The van der Waals surface area contributed by atoms with E-state index >= 15 is 0 Å². The molecule has 0 amide bonds. The molecular formula is C13H23N3O2S. The Bertz CT molecular complexity index is 471. The third-order valence-corrected chi connectivity index (χ3v) is 4.47. The van der Waals surface area contributed by atoms with Crippen LogP contribution < -0.4 is 10.0 Å². The minimum atomic E-state index is -3.46. The Hall–Kier alpha value is -1.14.